The van der Waals surface area contributed by atoms with Gasteiger partial charge in [-0.3, -0.25) is 0 Å². The van der Waals surface area contributed by atoms with Gasteiger partial charge in [-0.15, -0.1) is 12.4 Å². The highest BCUT2D eigenvalue weighted by molar-refractivity contribution is 5.85. The van der Waals surface area contributed by atoms with E-state index in [0.29, 0.717) is 0 Å². The molecule has 2 nitrogen and oxygen atoms in total. The fourth-order valence-corrected chi connectivity index (χ4v) is 1.08. The molecule has 0 aromatic carbocycles. The second-order valence-corrected chi connectivity index (χ2v) is 2.47. The molecule has 0 aromatic rings. The largest absolute Gasteiger partial charge is 0.344 e. The molecule has 0 bridgehead atoms. The van der Waals surface area contributed by atoms with Gasteiger partial charge in [-0.2, -0.15) is 0 Å². The summed E-state index contributed by atoms with van der Waals surface area (Å²) >= 11 is 0. The molecule has 0 spiro atoms. The lowest BCUT2D eigenvalue weighted by molar-refractivity contribution is 0.331. The molecule has 1 aliphatic heterocycles. The van der Waals surface area contributed by atoms with Gasteiger partial charge in [-0.05, 0) is 33.4 Å². The maximum atomic E-state index is 2.40. The smallest absolute Gasteiger partial charge is 0.00643 e. The first-order chi connectivity index (χ1) is 3.30. The molecule has 3 heteroatoms. The molecule has 1 saturated heterocycles. The summed E-state index contributed by atoms with van der Waals surface area (Å²) < 4.78 is 0. The van der Waals surface area contributed by atoms with E-state index >= 15 is 0 Å². The molecule has 3 N–H and O–H groups in total. The van der Waals surface area contributed by atoms with Gasteiger partial charge >= 0.3 is 0 Å². The third kappa shape index (κ3) is 3.04. The average molecular weight is 153 g/mol. The maximum absolute atomic E-state index is 2.40. The zero-order chi connectivity index (χ0) is 5.28. The second-order valence-electron chi connectivity index (χ2n) is 2.47. The summed E-state index contributed by atoms with van der Waals surface area (Å²) in [6.07, 6.45) is 2.80. The van der Waals surface area contributed by atoms with Crippen molar-refractivity contribution in [1.29, 1.82) is 0 Å². The van der Waals surface area contributed by atoms with Crippen LogP contribution in [0.3, 0.4) is 0 Å². The Morgan fingerprint density at radius 2 is 2.00 bits per heavy atom. The summed E-state index contributed by atoms with van der Waals surface area (Å²) in [4.78, 5) is 2.40. The SMILES string of the molecule is CC1CCCN1C.Cl.N. The number of halogens is 1. The van der Waals surface area contributed by atoms with Gasteiger partial charge in [-0.1, -0.05) is 0 Å². The Morgan fingerprint density at radius 1 is 1.44 bits per heavy atom. The van der Waals surface area contributed by atoms with Crippen molar-refractivity contribution in [3.63, 3.8) is 0 Å². The van der Waals surface area contributed by atoms with Crippen LogP contribution in [-0.4, -0.2) is 24.5 Å². The third-order valence-electron chi connectivity index (χ3n) is 1.89. The molecule has 0 radical (unpaired) electrons. The van der Waals surface area contributed by atoms with Crippen molar-refractivity contribution in [2.75, 3.05) is 13.6 Å². The molecule has 0 amide bonds. The van der Waals surface area contributed by atoms with Gasteiger partial charge in [0.1, 0.15) is 0 Å². The van der Waals surface area contributed by atoms with E-state index in [4.69, 9.17) is 0 Å². The summed E-state index contributed by atoms with van der Waals surface area (Å²) in [5.41, 5.74) is 0. The van der Waals surface area contributed by atoms with Crippen LogP contribution in [0.2, 0.25) is 0 Å². The summed E-state index contributed by atoms with van der Waals surface area (Å²) in [7, 11) is 2.19. The van der Waals surface area contributed by atoms with Gasteiger partial charge in [0.25, 0.3) is 0 Å². The third-order valence-corrected chi connectivity index (χ3v) is 1.89. The van der Waals surface area contributed by atoms with Crippen molar-refractivity contribution in [3.05, 3.63) is 0 Å². The van der Waals surface area contributed by atoms with E-state index in [9.17, 15) is 0 Å². The van der Waals surface area contributed by atoms with E-state index in [-0.39, 0.29) is 18.6 Å². The molecule has 1 unspecified atom stereocenters. The quantitative estimate of drug-likeness (QED) is 0.574. The van der Waals surface area contributed by atoms with Crippen molar-refractivity contribution in [3.8, 4) is 0 Å². The van der Waals surface area contributed by atoms with E-state index in [0.717, 1.165) is 6.04 Å². The van der Waals surface area contributed by atoms with E-state index < -0.39 is 0 Å². The fraction of sp³-hybridized carbons (Fsp3) is 1.00. The van der Waals surface area contributed by atoms with Crippen LogP contribution in [0.25, 0.3) is 0 Å². The lowest BCUT2D eigenvalue weighted by Gasteiger charge is -2.12. The molecule has 9 heavy (non-hydrogen) atoms. The Hall–Kier alpha value is 0.210. The summed E-state index contributed by atoms with van der Waals surface area (Å²) in [6, 6.07) is 0.847. The highest BCUT2D eigenvalue weighted by Crippen LogP contribution is 2.12. The molecule has 1 rings (SSSR count). The number of hydrogen-bond acceptors (Lipinski definition) is 2. The predicted molar refractivity (Wildman–Crippen MR) is 43.6 cm³/mol. The van der Waals surface area contributed by atoms with Crippen LogP contribution >= 0.6 is 12.4 Å². The minimum absolute atomic E-state index is 0. The van der Waals surface area contributed by atoms with Crippen LogP contribution in [-0.2, 0) is 0 Å². The summed E-state index contributed by atoms with van der Waals surface area (Å²) in [5, 5.41) is 0. The van der Waals surface area contributed by atoms with Crippen LogP contribution in [0, 0.1) is 0 Å². The van der Waals surface area contributed by atoms with Gasteiger partial charge in [-0.25, -0.2) is 0 Å². The van der Waals surface area contributed by atoms with Gasteiger partial charge in [0, 0.05) is 6.04 Å². The molecule has 1 atom stereocenters. The first-order valence-electron chi connectivity index (χ1n) is 3.01. The Kier molecular flexibility index (Phi) is 6.68. The van der Waals surface area contributed by atoms with E-state index in [1.54, 1.807) is 0 Å². The Labute approximate surface area is 63.6 Å². The van der Waals surface area contributed by atoms with Crippen LogP contribution in [0.5, 0.6) is 0 Å². The Morgan fingerprint density at radius 3 is 2.11 bits per heavy atom. The van der Waals surface area contributed by atoms with Crippen molar-refractivity contribution >= 4 is 12.4 Å². The molecular weight excluding hydrogens is 136 g/mol. The number of likely N-dealkylation sites (tertiary alicyclic amines) is 1. The van der Waals surface area contributed by atoms with E-state index in [1.807, 2.05) is 0 Å². The minimum atomic E-state index is 0. The zero-order valence-corrected chi connectivity index (χ0v) is 7.08. The lowest BCUT2D eigenvalue weighted by Crippen LogP contribution is -2.20. The van der Waals surface area contributed by atoms with E-state index in [1.165, 1.54) is 19.4 Å². The first kappa shape index (κ1) is 11.9. The predicted octanol–water partition coefficient (Wildman–Crippen LogP) is 1.68. The normalized spacial score (nSPS) is 26.7. The maximum Gasteiger partial charge on any atom is 0.00643 e. The summed E-state index contributed by atoms with van der Waals surface area (Å²) in [6.45, 7) is 3.59. The standard InChI is InChI=1S/C6H13N.ClH.H3N/c1-6-4-3-5-7(6)2;;/h6H,3-5H2,1-2H3;1H;1H3. The van der Waals surface area contributed by atoms with Crippen molar-refractivity contribution in [1.82, 2.24) is 11.1 Å². The zero-order valence-electron chi connectivity index (χ0n) is 6.26. The molecule has 0 aliphatic carbocycles. The van der Waals surface area contributed by atoms with E-state index in [2.05, 4.69) is 18.9 Å². The van der Waals surface area contributed by atoms with Gasteiger partial charge in [0.2, 0.25) is 0 Å². The highest BCUT2D eigenvalue weighted by atomic mass is 35.5. The van der Waals surface area contributed by atoms with Gasteiger partial charge < -0.3 is 11.1 Å². The van der Waals surface area contributed by atoms with Crippen LogP contribution < -0.4 is 6.15 Å². The topological polar surface area (TPSA) is 38.2 Å². The van der Waals surface area contributed by atoms with Crippen molar-refractivity contribution in [2.45, 2.75) is 25.8 Å². The van der Waals surface area contributed by atoms with Crippen molar-refractivity contribution in [2.24, 2.45) is 0 Å². The molecule has 0 saturated carbocycles. The summed E-state index contributed by atoms with van der Waals surface area (Å²) in [5.74, 6) is 0. The molecule has 0 aromatic heterocycles. The van der Waals surface area contributed by atoms with Crippen LogP contribution in [0.15, 0.2) is 0 Å². The number of nitrogens with zero attached hydrogens (tertiary/aromatic N) is 1. The monoisotopic (exact) mass is 152 g/mol. The lowest BCUT2D eigenvalue weighted by atomic mass is 10.3. The molecule has 1 heterocycles. The molecular formula is C6H17ClN2. The Balaban J connectivity index is 0. The van der Waals surface area contributed by atoms with Gasteiger partial charge in [0.05, 0.1) is 0 Å². The van der Waals surface area contributed by atoms with Crippen LogP contribution in [0.4, 0.5) is 0 Å². The van der Waals surface area contributed by atoms with Crippen LogP contribution in [0.1, 0.15) is 19.8 Å². The average Bonchev–Trinajstić information content (AvgIpc) is 1.91. The Bertz CT molecular complexity index is 60.1. The number of hydrogen-bond donors (Lipinski definition) is 1. The molecule has 58 valence electrons. The molecule has 1 fully saturated rings. The highest BCUT2D eigenvalue weighted by Gasteiger charge is 2.14. The fourth-order valence-electron chi connectivity index (χ4n) is 1.08. The van der Waals surface area contributed by atoms with Crippen molar-refractivity contribution < 1.29 is 0 Å². The minimum Gasteiger partial charge on any atom is -0.344 e. The second kappa shape index (κ2) is 5.03. The first-order valence-corrected chi connectivity index (χ1v) is 3.01. The number of rotatable bonds is 0. The van der Waals surface area contributed by atoms with Gasteiger partial charge in [0.15, 0.2) is 0 Å². The molecule has 1 aliphatic rings.